The van der Waals surface area contributed by atoms with Crippen molar-refractivity contribution in [2.75, 3.05) is 17.3 Å². The lowest BCUT2D eigenvalue weighted by atomic mass is 10.0. The second-order valence-electron chi connectivity index (χ2n) is 7.80. The fourth-order valence-corrected chi connectivity index (χ4v) is 3.88. The topological polar surface area (TPSA) is 58.6 Å². The molecule has 0 bridgehead atoms. The van der Waals surface area contributed by atoms with Crippen LogP contribution in [0.15, 0.2) is 78.5 Å². The van der Waals surface area contributed by atoms with Gasteiger partial charge in [-0.15, -0.1) is 0 Å². The van der Waals surface area contributed by atoms with Crippen LogP contribution in [0.25, 0.3) is 5.57 Å². The molecule has 6 heteroatoms. The largest absolute Gasteiger partial charge is 0.496 e. The molecule has 1 aliphatic heterocycles. The predicted molar refractivity (Wildman–Crippen MR) is 127 cm³/mol. The molecule has 4 rings (SSSR count). The quantitative estimate of drug-likeness (QED) is 0.461. The normalized spacial score (nSPS) is 13.6. The van der Waals surface area contributed by atoms with E-state index in [0.717, 1.165) is 29.7 Å². The Morgan fingerprint density at radius 2 is 1.70 bits per heavy atom. The smallest absolute Gasteiger partial charge is 0.282 e. The summed E-state index contributed by atoms with van der Waals surface area (Å²) < 4.78 is 19.2. The zero-order valence-electron chi connectivity index (χ0n) is 18.6. The van der Waals surface area contributed by atoms with Crippen LogP contribution in [0, 0.1) is 5.82 Å². The minimum absolute atomic E-state index is 0.0742. The second kappa shape index (κ2) is 9.69. The first kappa shape index (κ1) is 22.3. The lowest BCUT2D eigenvalue weighted by molar-refractivity contribution is -0.120. The number of para-hydroxylation sites is 1. The van der Waals surface area contributed by atoms with E-state index in [1.807, 2.05) is 12.1 Å². The maximum Gasteiger partial charge on any atom is 0.282 e. The maximum atomic E-state index is 13.8. The van der Waals surface area contributed by atoms with Crippen LogP contribution in [0.2, 0.25) is 0 Å². The lowest BCUT2D eigenvalue weighted by Gasteiger charge is -2.16. The highest BCUT2D eigenvalue weighted by Crippen LogP contribution is 2.37. The fraction of sp³-hybridized carbons (Fsp3) is 0.185. The van der Waals surface area contributed by atoms with Crippen LogP contribution in [0.1, 0.15) is 30.9 Å². The number of nitrogens with one attached hydrogen (secondary N) is 1. The Labute approximate surface area is 192 Å². The van der Waals surface area contributed by atoms with Gasteiger partial charge in [0.15, 0.2) is 0 Å². The molecule has 0 radical (unpaired) electrons. The number of aryl methyl sites for hydroxylation is 1. The summed E-state index contributed by atoms with van der Waals surface area (Å²) in [5.74, 6) is -0.962. The number of amides is 2. The third-order valence-corrected chi connectivity index (χ3v) is 5.57. The molecule has 0 saturated carbocycles. The van der Waals surface area contributed by atoms with E-state index in [1.165, 1.54) is 25.3 Å². The van der Waals surface area contributed by atoms with Crippen molar-refractivity contribution in [3.8, 4) is 5.75 Å². The van der Waals surface area contributed by atoms with Gasteiger partial charge in [-0.25, -0.2) is 9.29 Å². The van der Waals surface area contributed by atoms with Gasteiger partial charge in [0.2, 0.25) is 0 Å². The number of imide groups is 1. The van der Waals surface area contributed by atoms with Gasteiger partial charge >= 0.3 is 0 Å². The van der Waals surface area contributed by atoms with E-state index in [-0.39, 0.29) is 11.3 Å². The Morgan fingerprint density at radius 3 is 2.39 bits per heavy atom. The standard InChI is InChI=1S/C27H25FN2O3/c1-3-4-8-18-13-15-21(16-14-18)30-26(31)24(22-11-5-6-12-23(22)33-2)25(27(30)32)29-20-10-7-9-19(28)17-20/h5-7,9-17,29H,3-4,8H2,1-2H3. The summed E-state index contributed by atoms with van der Waals surface area (Å²) in [6.45, 7) is 2.13. The number of anilines is 2. The van der Waals surface area contributed by atoms with Crippen molar-refractivity contribution in [1.29, 1.82) is 0 Å². The molecule has 5 nitrogen and oxygen atoms in total. The van der Waals surface area contributed by atoms with Gasteiger partial charge in [0.1, 0.15) is 17.3 Å². The van der Waals surface area contributed by atoms with Crippen molar-refractivity contribution in [2.45, 2.75) is 26.2 Å². The van der Waals surface area contributed by atoms with E-state index in [1.54, 1.807) is 42.5 Å². The Hall–Kier alpha value is -3.93. The third-order valence-electron chi connectivity index (χ3n) is 5.57. The van der Waals surface area contributed by atoms with Crippen LogP contribution < -0.4 is 15.0 Å². The van der Waals surface area contributed by atoms with E-state index in [2.05, 4.69) is 12.2 Å². The molecule has 2 amide bonds. The van der Waals surface area contributed by atoms with Gasteiger partial charge in [0, 0.05) is 11.3 Å². The Balaban J connectivity index is 1.77. The molecule has 0 fully saturated rings. The van der Waals surface area contributed by atoms with E-state index in [9.17, 15) is 14.0 Å². The summed E-state index contributed by atoms with van der Waals surface area (Å²) in [5.41, 5.74) is 2.74. The van der Waals surface area contributed by atoms with Gasteiger partial charge in [0.25, 0.3) is 11.8 Å². The number of unbranched alkanes of at least 4 members (excludes halogenated alkanes) is 1. The molecular weight excluding hydrogens is 419 g/mol. The number of carbonyl (C=O) groups excluding carboxylic acids is 2. The Morgan fingerprint density at radius 1 is 0.939 bits per heavy atom. The summed E-state index contributed by atoms with van der Waals surface area (Å²) in [4.78, 5) is 28.2. The summed E-state index contributed by atoms with van der Waals surface area (Å²) in [5, 5.41) is 2.97. The zero-order chi connectivity index (χ0) is 23.4. The number of carbonyl (C=O) groups is 2. The number of hydrogen-bond acceptors (Lipinski definition) is 4. The van der Waals surface area contributed by atoms with E-state index < -0.39 is 17.6 Å². The van der Waals surface area contributed by atoms with Crippen LogP contribution >= 0.6 is 0 Å². The van der Waals surface area contributed by atoms with Gasteiger partial charge in [-0.1, -0.05) is 49.7 Å². The first-order valence-electron chi connectivity index (χ1n) is 10.9. The molecule has 0 aromatic heterocycles. The van der Waals surface area contributed by atoms with Crippen LogP contribution in [0.4, 0.5) is 15.8 Å². The monoisotopic (exact) mass is 444 g/mol. The summed E-state index contributed by atoms with van der Waals surface area (Å²) in [6, 6.07) is 20.2. The summed E-state index contributed by atoms with van der Waals surface area (Å²) >= 11 is 0. The van der Waals surface area contributed by atoms with Crippen LogP contribution in [0.5, 0.6) is 5.75 Å². The van der Waals surface area contributed by atoms with E-state index in [4.69, 9.17) is 4.74 Å². The van der Waals surface area contributed by atoms with Gasteiger partial charge < -0.3 is 10.1 Å². The minimum atomic E-state index is -0.508. The molecule has 0 atom stereocenters. The highest BCUT2D eigenvalue weighted by Gasteiger charge is 2.41. The molecule has 168 valence electrons. The highest BCUT2D eigenvalue weighted by molar-refractivity contribution is 6.46. The number of ether oxygens (including phenoxy) is 1. The van der Waals surface area contributed by atoms with Crippen molar-refractivity contribution >= 4 is 28.8 Å². The first-order valence-corrected chi connectivity index (χ1v) is 10.9. The second-order valence-corrected chi connectivity index (χ2v) is 7.80. The average molecular weight is 445 g/mol. The van der Waals surface area contributed by atoms with Crippen molar-refractivity contribution in [1.82, 2.24) is 0 Å². The molecule has 0 unspecified atom stereocenters. The number of methoxy groups -OCH3 is 1. The zero-order valence-corrected chi connectivity index (χ0v) is 18.6. The average Bonchev–Trinajstić information content (AvgIpc) is 3.07. The van der Waals surface area contributed by atoms with Gasteiger partial charge in [-0.2, -0.15) is 0 Å². The third kappa shape index (κ3) is 4.51. The van der Waals surface area contributed by atoms with Crippen molar-refractivity contribution in [3.63, 3.8) is 0 Å². The van der Waals surface area contributed by atoms with Crippen molar-refractivity contribution < 1.29 is 18.7 Å². The van der Waals surface area contributed by atoms with E-state index in [0.29, 0.717) is 22.7 Å². The molecule has 1 N–H and O–H groups in total. The van der Waals surface area contributed by atoms with Gasteiger partial charge in [-0.05, 0) is 54.8 Å². The summed E-state index contributed by atoms with van der Waals surface area (Å²) in [6.07, 6.45) is 3.10. The molecule has 1 heterocycles. The predicted octanol–water partition coefficient (Wildman–Crippen LogP) is 5.57. The molecule has 33 heavy (non-hydrogen) atoms. The molecular formula is C27H25FN2O3. The number of rotatable bonds is 8. The van der Waals surface area contributed by atoms with Crippen LogP contribution in [-0.2, 0) is 16.0 Å². The summed E-state index contributed by atoms with van der Waals surface area (Å²) in [7, 11) is 1.51. The SMILES string of the molecule is CCCCc1ccc(N2C(=O)C(Nc3cccc(F)c3)=C(c3ccccc3OC)C2=O)cc1. The molecule has 0 saturated heterocycles. The van der Waals surface area contributed by atoms with Gasteiger partial charge in [0.05, 0.1) is 18.4 Å². The first-order chi connectivity index (χ1) is 16.0. The van der Waals surface area contributed by atoms with E-state index >= 15 is 0 Å². The number of benzene rings is 3. The number of nitrogens with zero attached hydrogens (tertiary/aromatic N) is 1. The molecule has 0 aliphatic carbocycles. The lowest BCUT2D eigenvalue weighted by Crippen LogP contribution is -2.32. The maximum absolute atomic E-state index is 13.8. The molecule has 3 aromatic carbocycles. The Kier molecular flexibility index (Phi) is 6.54. The fourth-order valence-electron chi connectivity index (χ4n) is 3.88. The van der Waals surface area contributed by atoms with Crippen molar-refractivity contribution in [2.24, 2.45) is 0 Å². The van der Waals surface area contributed by atoms with Gasteiger partial charge in [-0.3, -0.25) is 9.59 Å². The van der Waals surface area contributed by atoms with Crippen LogP contribution in [-0.4, -0.2) is 18.9 Å². The molecule has 1 aliphatic rings. The molecule has 0 spiro atoms. The minimum Gasteiger partial charge on any atom is -0.496 e. The van der Waals surface area contributed by atoms with Crippen LogP contribution in [0.3, 0.4) is 0 Å². The number of halogens is 1. The number of hydrogen-bond donors (Lipinski definition) is 1. The van der Waals surface area contributed by atoms with Crippen molar-refractivity contribution in [3.05, 3.63) is 95.4 Å². The Bertz CT molecular complexity index is 1220. The highest BCUT2D eigenvalue weighted by atomic mass is 19.1. The molecule has 3 aromatic rings.